The molecule has 15 heteroatoms. The first-order valence-electron chi connectivity index (χ1n) is 14.6. The van der Waals surface area contributed by atoms with Crippen LogP contribution in [0.15, 0.2) is 84.9 Å². The van der Waals surface area contributed by atoms with Gasteiger partial charge in [-0.2, -0.15) is 13.2 Å². The van der Waals surface area contributed by atoms with E-state index in [2.05, 4.69) is 15.3 Å². The third-order valence-corrected chi connectivity index (χ3v) is 7.69. The number of aliphatic hydroxyl groups is 1. The molecular formula is C33H28F3N3O9. The maximum Gasteiger partial charge on any atom is 0.416 e. The molecule has 1 aliphatic rings. The topological polar surface area (TPSA) is 161 Å². The average molecular weight is 668 g/mol. The van der Waals surface area contributed by atoms with Gasteiger partial charge < -0.3 is 38.8 Å². The minimum atomic E-state index is -4.59. The second-order valence-electron chi connectivity index (χ2n) is 10.8. The number of methoxy groups -OCH3 is 1. The Morgan fingerprint density at radius 2 is 1.33 bits per heavy atom. The van der Waals surface area contributed by atoms with Gasteiger partial charge in [-0.3, -0.25) is 5.32 Å². The van der Waals surface area contributed by atoms with Gasteiger partial charge in [0.2, 0.25) is 0 Å². The fraction of sp³-hybridized carbons (Fsp3) is 0.242. The molecule has 4 N–H and O–H groups in total. The molecule has 1 aliphatic heterocycles. The van der Waals surface area contributed by atoms with Gasteiger partial charge in [-0.1, -0.05) is 36.4 Å². The lowest BCUT2D eigenvalue weighted by molar-refractivity contribution is -0.291. The Bertz CT molecular complexity index is 1870. The van der Waals surface area contributed by atoms with Crippen LogP contribution in [-0.2, 0) is 29.9 Å². The first kappa shape index (κ1) is 32.6. The number of aromatic nitrogens is 2. The van der Waals surface area contributed by atoms with Crippen LogP contribution in [0.4, 0.5) is 23.7 Å². The molecule has 250 valence electrons. The zero-order valence-corrected chi connectivity index (χ0v) is 25.0. The number of carbonyl (C=O) groups is 3. The first-order chi connectivity index (χ1) is 23.0. The summed E-state index contributed by atoms with van der Waals surface area (Å²) in [6.07, 6.45) is -13.3. The lowest BCUT2D eigenvalue weighted by Crippen LogP contribution is -2.63. The lowest BCUT2D eigenvalue weighted by Gasteiger charge is -2.43. The van der Waals surface area contributed by atoms with Gasteiger partial charge in [-0.15, -0.1) is 0 Å². The maximum absolute atomic E-state index is 13.5. The maximum atomic E-state index is 13.5. The molecule has 6 rings (SSSR count). The summed E-state index contributed by atoms with van der Waals surface area (Å²) in [5.41, 5.74) is 0.366. The second kappa shape index (κ2) is 13.4. The number of amides is 1. The molecule has 1 saturated heterocycles. The van der Waals surface area contributed by atoms with Gasteiger partial charge in [0.05, 0.1) is 12.2 Å². The van der Waals surface area contributed by atoms with Gasteiger partial charge in [-0.25, -0.2) is 14.4 Å². The lowest BCUT2D eigenvalue weighted by atomic mass is 9.98. The summed E-state index contributed by atoms with van der Waals surface area (Å²) in [4.78, 5) is 45.9. The first-order valence-corrected chi connectivity index (χ1v) is 14.6. The van der Waals surface area contributed by atoms with Gasteiger partial charge in [-0.05, 0) is 48.5 Å². The number of aliphatic hydroxyl groups excluding tert-OH is 1. The Hall–Kier alpha value is -5.38. The molecule has 5 aromatic rings. The van der Waals surface area contributed by atoms with Crippen LogP contribution in [0.3, 0.4) is 0 Å². The molecule has 1 amide bonds. The predicted molar refractivity (Wildman–Crippen MR) is 163 cm³/mol. The molecule has 3 aromatic carbocycles. The highest BCUT2D eigenvalue weighted by molar-refractivity contribution is 5.96. The van der Waals surface area contributed by atoms with E-state index in [1.54, 1.807) is 54.6 Å². The Morgan fingerprint density at radius 3 is 1.83 bits per heavy atom. The Balaban J connectivity index is 1.30. The number of carbonyl (C=O) groups excluding carboxylic acids is 3. The molecule has 0 unspecified atom stereocenters. The third kappa shape index (κ3) is 6.83. The quantitative estimate of drug-likeness (QED) is 0.125. The SMILES string of the molecule is CO[C@H]1O[C@H](CO)[C@@H](OC(=O)Nc2ccc(C(F)(F)F)cc2)[C@H](OC(=O)c2cc3ccccc3[nH]2)[C@@H]1OC(=O)c1cc2ccccc2[nH]1. The number of fused-ring (bicyclic) bond motifs is 2. The third-order valence-electron chi connectivity index (χ3n) is 7.69. The summed E-state index contributed by atoms with van der Waals surface area (Å²) in [6.45, 7) is -0.763. The summed E-state index contributed by atoms with van der Waals surface area (Å²) in [5, 5.41) is 13.9. The highest BCUT2D eigenvalue weighted by atomic mass is 19.4. The molecule has 0 bridgehead atoms. The number of para-hydroxylation sites is 2. The molecule has 12 nitrogen and oxygen atoms in total. The largest absolute Gasteiger partial charge is 0.449 e. The van der Waals surface area contributed by atoms with E-state index in [0.29, 0.717) is 16.4 Å². The molecule has 48 heavy (non-hydrogen) atoms. The van der Waals surface area contributed by atoms with E-state index in [9.17, 15) is 32.7 Å². The average Bonchev–Trinajstić information content (AvgIpc) is 3.71. The molecule has 0 radical (unpaired) electrons. The Kier molecular flexibility index (Phi) is 9.08. The highest BCUT2D eigenvalue weighted by Crippen LogP contribution is 2.32. The van der Waals surface area contributed by atoms with Crippen molar-refractivity contribution in [1.29, 1.82) is 0 Å². The Morgan fingerprint density at radius 1 is 0.792 bits per heavy atom. The minimum absolute atomic E-state index is 0.0193. The molecule has 3 heterocycles. The molecule has 0 aliphatic carbocycles. The van der Waals surface area contributed by atoms with Gasteiger partial charge in [0.1, 0.15) is 17.5 Å². The summed E-state index contributed by atoms with van der Waals surface area (Å²) in [7, 11) is 1.23. The molecule has 0 saturated carbocycles. The smallest absolute Gasteiger partial charge is 0.416 e. The summed E-state index contributed by atoms with van der Waals surface area (Å²) >= 11 is 0. The number of hydrogen-bond donors (Lipinski definition) is 4. The fourth-order valence-corrected chi connectivity index (χ4v) is 5.37. The van der Waals surface area contributed by atoms with Gasteiger partial charge in [0, 0.05) is 34.6 Å². The monoisotopic (exact) mass is 667 g/mol. The van der Waals surface area contributed by atoms with Crippen LogP contribution >= 0.6 is 0 Å². The van der Waals surface area contributed by atoms with Crippen LogP contribution in [-0.4, -0.2) is 77.5 Å². The molecule has 2 aromatic heterocycles. The fourth-order valence-electron chi connectivity index (χ4n) is 5.37. The van der Waals surface area contributed by atoms with E-state index in [1.165, 1.54) is 13.2 Å². The minimum Gasteiger partial charge on any atom is -0.449 e. The molecule has 1 fully saturated rings. The number of hydrogen-bond acceptors (Lipinski definition) is 9. The number of aromatic amines is 2. The van der Waals surface area contributed by atoms with Crippen molar-refractivity contribution in [2.24, 2.45) is 0 Å². The van der Waals surface area contributed by atoms with E-state index >= 15 is 0 Å². The van der Waals surface area contributed by atoms with E-state index in [4.69, 9.17) is 23.7 Å². The second-order valence-corrected chi connectivity index (χ2v) is 10.8. The van der Waals surface area contributed by atoms with Crippen molar-refractivity contribution in [3.8, 4) is 0 Å². The summed E-state index contributed by atoms with van der Waals surface area (Å²) < 4.78 is 67.4. The van der Waals surface area contributed by atoms with E-state index in [-0.39, 0.29) is 17.1 Å². The van der Waals surface area contributed by atoms with Crippen molar-refractivity contribution in [2.45, 2.75) is 36.9 Å². The van der Waals surface area contributed by atoms with Crippen LogP contribution in [0.5, 0.6) is 0 Å². The van der Waals surface area contributed by atoms with Crippen molar-refractivity contribution >= 4 is 45.5 Å². The summed E-state index contributed by atoms with van der Waals surface area (Å²) in [6, 6.07) is 20.8. The van der Waals surface area contributed by atoms with Crippen LogP contribution < -0.4 is 5.32 Å². The predicted octanol–water partition coefficient (Wildman–Crippen LogP) is 5.40. The Labute approximate surface area is 269 Å². The zero-order valence-electron chi connectivity index (χ0n) is 25.0. The van der Waals surface area contributed by atoms with Crippen molar-refractivity contribution in [3.05, 3.63) is 102 Å². The standard InChI is InChI=1S/C33H28F3N3O9/c1-44-31-28(47-30(42)24-15-18-7-3-5-9-22(18)39-24)27(46-29(41)23-14-17-6-2-4-8-21(17)38-23)26(25(16-40)45-31)48-32(43)37-20-12-10-19(11-13-20)33(34,35)36/h2-15,25-28,31,38-40H,16H2,1H3,(H,37,43)/t25-,26-,27+,28+,31+/m1/s1. The van der Waals surface area contributed by atoms with Crippen LogP contribution in [0.2, 0.25) is 0 Å². The van der Waals surface area contributed by atoms with Crippen LogP contribution in [0.1, 0.15) is 26.5 Å². The normalized spacial score (nSPS) is 21.1. The highest BCUT2D eigenvalue weighted by Gasteiger charge is 2.53. The number of esters is 2. The number of alkyl halides is 3. The number of nitrogens with one attached hydrogen (secondary N) is 3. The van der Waals surface area contributed by atoms with Gasteiger partial charge in [0.25, 0.3) is 0 Å². The van der Waals surface area contributed by atoms with Crippen molar-refractivity contribution in [3.63, 3.8) is 0 Å². The molecular weight excluding hydrogens is 639 g/mol. The van der Waals surface area contributed by atoms with Crippen LogP contribution in [0.25, 0.3) is 21.8 Å². The van der Waals surface area contributed by atoms with Crippen LogP contribution in [0, 0.1) is 0 Å². The number of rotatable bonds is 8. The number of benzene rings is 3. The van der Waals surface area contributed by atoms with E-state index < -0.39 is 67.1 Å². The zero-order chi connectivity index (χ0) is 34.0. The number of anilines is 1. The van der Waals surface area contributed by atoms with Crippen molar-refractivity contribution in [2.75, 3.05) is 19.0 Å². The molecule has 0 spiro atoms. The van der Waals surface area contributed by atoms with E-state index in [1.807, 2.05) is 0 Å². The number of H-pyrrole nitrogens is 2. The van der Waals surface area contributed by atoms with E-state index in [0.717, 1.165) is 29.7 Å². The molecule has 5 atom stereocenters. The number of halogens is 3. The van der Waals surface area contributed by atoms with Gasteiger partial charge in [0.15, 0.2) is 24.6 Å². The summed E-state index contributed by atoms with van der Waals surface area (Å²) in [5.74, 6) is -1.81. The number of ether oxygens (including phenoxy) is 5. The van der Waals surface area contributed by atoms with Crippen molar-refractivity contribution in [1.82, 2.24) is 9.97 Å². The van der Waals surface area contributed by atoms with Crippen molar-refractivity contribution < 1.29 is 56.3 Å². The van der Waals surface area contributed by atoms with Gasteiger partial charge >= 0.3 is 24.2 Å².